The lowest BCUT2D eigenvalue weighted by molar-refractivity contribution is -0.0777. The SMILES string of the molecule is Fc1ccc(N2CCN(C3CCC4(CC3)OCc3c(Br)cccc34)CC2)cc1. The van der Waals surface area contributed by atoms with Crippen molar-refractivity contribution in [3.63, 3.8) is 0 Å². The summed E-state index contributed by atoms with van der Waals surface area (Å²) >= 11 is 3.69. The number of ether oxygens (including phenoxy) is 1. The second-order valence-corrected chi connectivity index (χ2v) is 9.13. The molecule has 0 unspecified atom stereocenters. The summed E-state index contributed by atoms with van der Waals surface area (Å²) in [5, 5.41) is 0. The van der Waals surface area contributed by atoms with Crippen molar-refractivity contribution in [3.05, 3.63) is 63.9 Å². The predicted octanol–water partition coefficient (Wildman–Crippen LogP) is 5.08. The zero-order valence-electron chi connectivity index (χ0n) is 16.0. The van der Waals surface area contributed by atoms with Gasteiger partial charge < -0.3 is 9.64 Å². The Morgan fingerprint density at radius 1 is 0.964 bits per heavy atom. The van der Waals surface area contributed by atoms with Gasteiger partial charge in [0.1, 0.15) is 5.82 Å². The van der Waals surface area contributed by atoms with Crippen molar-refractivity contribution in [2.75, 3.05) is 31.1 Å². The third-order valence-electron chi connectivity index (χ3n) is 6.89. The molecule has 2 aromatic rings. The van der Waals surface area contributed by atoms with E-state index in [4.69, 9.17) is 4.74 Å². The molecule has 1 saturated carbocycles. The minimum atomic E-state index is -0.166. The molecule has 2 aliphatic heterocycles. The van der Waals surface area contributed by atoms with Crippen LogP contribution in [0.2, 0.25) is 0 Å². The molecule has 5 rings (SSSR count). The molecule has 2 aromatic carbocycles. The van der Waals surface area contributed by atoms with E-state index >= 15 is 0 Å². The minimum absolute atomic E-state index is 0.0639. The molecule has 3 aliphatic rings. The average Bonchev–Trinajstić information content (AvgIpc) is 3.09. The van der Waals surface area contributed by atoms with Crippen molar-refractivity contribution in [2.24, 2.45) is 0 Å². The maximum Gasteiger partial charge on any atom is 0.123 e. The maximum absolute atomic E-state index is 13.2. The van der Waals surface area contributed by atoms with Gasteiger partial charge in [-0.2, -0.15) is 0 Å². The number of nitrogens with zero attached hydrogens (tertiary/aromatic N) is 2. The number of anilines is 1. The smallest absolute Gasteiger partial charge is 0.123 e. The fraction of sp³-hybridized carbons (Fsp3) is 0.478. The fourth-order valence-electron chi connectivity index (χ4n) is 5.27. The van der Waals surface area contributed by atoms with Crippen molar-refractivity contribution in [3.8, 4) is 0 Å². The van der Waals surface area contributed by atoms with Gasteiger partial charge in [-0.05, 0) is 67.1 Å². The van der Waals surface area contributed by atoms with Gasteiger partial charge in [0.15, 0.2) is 0 Å². The van der Waals surface area contributed by atoms with Crippen molar-refractivity contribution in [2.45, 2.75) is 43.9 Å². The lowest BCUT2D eigenvalue weighted by Gasteiger charge is -2.45. The van der Waals surface area contributed by atoms with Gasteiger partial charge >= 0.3 is 0 Å². The van der Waals surface area contributed by atoms with E-state index in [9.17, 15) is 4.39 Å². The van der Waals surface area contributed by atoms with Gasteiger partial charge in [-0.15, -0.1) is 0 Å². The summed E-state index contributed by atoms with van der Waals surface area (Å²) in [5.74, 6) is -0.166. The van der Waals surface area contributed by atoms with Crippen molar-refractivity contribution < 1.29 is 9.13 Å². The summed E-state index contributed by atoms with van der Waals surface area (Å²) < 4.78 is 20.7. The van der Waals surface area contributed by atoms with E-state index in [0.717, 1.165) is 51.3 Å². The largest absolute Gasteiger partial charge is 0.369 e. The highest BCUT2D eigenvalue weighted by molar-refractivity contribution is 9.10. The maximum atomic E-state index is 13.2. The van der Waals surface area contributed by atoms with Gasteiger partial charge in [0.05, 0.1) is 12.2 Å². The molecule has 148 valence electrons. The van der Waals surface area contributed by atoms with E-state index in [1.807, 2.05) is 12.1 Å². The van der Waals surface area contributed by atoms with E-state index in [-0.39, 0.29) is 11.4 Å². The summed E-state index contributed by atoms with van der Waals surface area (Å²) in [6.07, 6.45) is 4.61. The van der Waals surface area contributed by atoms with Gasteiger partial charge in [0.25, 0.3) is 0 Å². The number of rotatable bonds is 2. The first-order chi connectivity index (χ1) is 13.6. The molecule has 0 bridgehead atoms. The van der Waals surface area contributed by atoms with Crippen molar-refractivity contribution in [1.29, 1.82) is 0 Å². The summed E-state index contributed by atoms with van der Waals surface area (Å²) in [7, 11) is 0. The standard InChI is InChI=1S/C23H26BrFN2O/c24-22-3-1-2-21-20(22)16-28-23(21)10-8-19(9-11-23)27-14-12-26(13-15-27)18-6-4-17(25)5-7-18/h1-7,19H,8-16H2. The van der Waals surface area contributed by atoms with Crippen LogP contribution in [0.3, 0.4) is 0 Å². The van der Waals surface area contributed by atoms with Crippen molar-refractivity contribution in [1.82, 2.24) is 4.90 Å². The van der Waals surface area contributed by atoms with Crippen LogP contribution in [0.25, 0.3) is 0 Å². The first-order valence-corrected chi connectivity index (χ1v) is 11.1. The van der Waals surface area contributed by atoms with Gasteiger partial charge in [-0.3, -0.25) is 4.90 Å². The lowest BCUT2D eigenvalue weighted by Crippen LogP contribution is -2.52. The molecule has 1 saturated heterocycles. The number of halogens is 2. The van der Waals surface area contributed by atoms with Crippen LogP contribution in [0, 0.1) is 5.82 Å². The number of hydrogen-bond acceptors (Lipinski definition) is 3. The fourth-order valence-corrected chi connectivity index (χ4v) is 5.75. The number of hydrogen-bond donors (Lipinski definition) is 0. The summed E-state index contributed by atoms with van der Waals surface area (Å²) in [6, 6.07) is 14.1. The Labute approximate surface area is 174 Å². The molecular formula is C23H26BrFN2O. The molecule has 2 fully saturated rings. The molecular weight excluding hydrogens is 419 g/mol. The van der Waals surface area contributed by atoms with Crippen LogP contribution >= 0.6 is 15.9 Å². The van der Waals surface area contributed by atoms with Crippen LogP contribution in [0.5, 0.6) is 0 Å². The number of benzene rings is 2. The molecule has 0 aromatic heterocycles. The zero-order chi connectivity index (χ0) is 19.1. The summed E-state index contributed by atoms with van der Waals surface area (Å²) in [5.41, 5.74) is 3.81. The second-order valence-electron chi connectivity index (χ2n) is 8.28. The highest BCUT2D eigenvalue weighted by Gasteiger charge is 2.44. The molecule has 5 heteroatoms. The molecule has 1 aliphatic carbocycles. The molecule has 0 amide bonds. The zero-order valence-corrected chi connectivity index (χ0v) is 17.6. The van der Waals surface area contributed by atoms with Crippen molar-refractivity contribution >= 4 is 21.6 Å². The van der Waals surface area contributed by atoms with Gasteiger partial charge in [0, 0.05) is 42.4 Å². The van der Waals surface area contributed by atoms with E-state index in [1.54, 1.807) is 12.1 Å². The lowest BCUT2D eigenvalue weighted by atomic mass is 9.77. The Kier molecular flexibility index (Phi) is 4.93. The average molecular weight is 445 g/mol. The number of piperazine rings is 1. The highest BCUT2D eigenvalue weighted by Crippen LogP contribution is 2.49. The van der Waals surface area contributed by atoms with E-state index < -0.39 is 0 Å². The van der Waals surface area contributed by atoms with E-state index in [2.05, 4.69) is 43.9 Å². The molecule has 0 radical (unpaired) electrons. The van der Waals surface area contributed by atoms with Gasteiger partial charge in [-0.1, -0.05) is 28.1 Å². The van der Waals surface area contributed by atoms with Gasteiger partial charge in [0.2, 0.25) is 0 Å². The van der Waals surface area contributed by atoms with E-state index in [1.165, 1.54) is 28.4 Å². The molecule has 0 N–H and O–H groups in total. The number of fused-ring (bicyclic) bond motifs is 2. The molecule has 2 heterocycles. The van der Waals surface area contributed by atoms with E-state index in [0.29, 0.717) is 6.04 Å². The topological polar surface area (TPSA) is 15.7 Å². The minimum Gasteiger partial charge on any atom is -0.369 e. The molecule has 3 nitrogen and oxygen atoms in total. The van der Waals surface area contributed by atoms with Crippen LogP contribution in [0.1, 0.15) is 36.8 Å². The normalized spacial score (nSPS) is 27.9. The third-order valence-corrected chi connectivity index (χ3v) is 7.63. The first kappa shape index (κ1) is 18.6. The third kappa shape index (κ3) is 3.27. The molecule has 1 spiro atoms. The van der Waals surface area contributed by atoms with Crippen LogP contribution < -0.4 is 4.90 Å². The molecule has 0 atom stereocenters. The Hall–Kier alpha value is -1.43. The van der Waals surface area contributed by atoms with Crippen LogP contribution in [-0.4, -0.2) is 37.1 Å². The van der Waals surface area contributed by atoms with Crippen LogP contribution in [0.15, 0.2) is 46.9 Å². The summed E-state index contributed by atoms with van der Waals surface area (Å²) in [4.78, 5) is 5.03. The van der Waals surface area contributed by atoms with Crippen LogP contribution in [0.4, 0.5) is 10.1 Å². The predicted molar refractivity (Wildman–Crippen MR) is 113 cm³/mol. The molecule has 28 heavy (non-hydrogen) atoms. The summed E-state index contributed by atoms with van der Waals surface area (Å²) in [6.45, 7) is 4.92. The second kappa shape index (κ2) is 7.43. The first-order valence-electron chi connectivity index (χ1n) is 10.3. The highest BCUT2D eigenvalue weighted by atomic mass is 79.9. The van der Waals surface area contributed by atoms with Crippen LogP contribution in [-0.2, 0) is 16.9 Å². The quantitative estimate of drug-likeness (QED) is 0.642. The Morgan fingerprint density at radius 3 is 2.39 bits per heavy atom. The Balaban J connectivity index is 1.20. The Bertz CT molecular complexity index is 840. The monoisotopic (exact) mass is 444 g/mol. The Morgan fingerprint density at radius 2 is 1.68 bits per heavy atom. The van der Waals surface area contributed by atoms with Gasteiger partial charge in [-0.25, -0.2) is 4.39 Å².